The van der Waals surface area contributed by atoms with Crippen LogP contribution in [0.2, 0.25) is 0 Å². The Labute approximate surface area is 173 Å². The van der Waals surface area contributed by atoms with Gasteiger partial charge in [0.25, 0.3) is 0 Å². The zero-order valence-corrected chi connectivity index (χ0v) is 16.6. The zero-order valence-electron chi connectivity index (χ0n) is 14.4. The number of alkyl halides is 4. The maximum atomic E-state index is 13.7. The van der Waals surface area contributed by atoms with E-state index >= 15 is 0 Å². The first-order chi connectivity index (χ1) is 13.5. The van der Waals surface area contributed by atoms with Gasteiger partial charge >= 0.3 is 6.18 Å². The molecule has 2 unspecified atom stereocenters. The van der Waals surface area contributed by atoms with Crippen molar-refractivity contribution in [2.24, 2.45) is 0 Å². The summed E-state index contributed by atoms with van der Waals surface area (Å²) >= 11 is 1.61. The summed E-state index contributed by atoms with van der Waals surface area (Å²) < 4.78 is 78.4. The molecule has 1 aromatic carbocycles. The van der Waals surface area contributed by atoms with Crippen LogP contribution in [0.25, 0.3) is 0 Å². The molecule has 1 N–H and O–H groups in total. The van der Waals surface area contributed by atoms with Crippen LogP contribution in [0.5, 0.6) is 0 Å². The Morgan fingerprint density at radius 3 is 2.45 bits per heavy atom. The number of aliphatic hydroxyl groups is 1. The van der Waals surface area contributed by atoms with E-state index in [0.717, 1.165) is 4.57 Å². The van der Waals surface area contributed by atoms with Gasteiger partial charge in [-0.05, 0) is 11.6 Å². The summed E-state index contributed by atoms with van der Waals surface area (Å²) in [5.74, 6) is -5.55. The first-order valence-corrected chi connectivity index (χ1v) is 9.47. The lowest BCUT2D eigenvalue weighted by Gasteiger charge is -2.30. The Hall–Kier alpha value is -1.90. The topological polar surface area (TPSA) is 71.2 Å². The van der Waals surface area contributed by atoms with Crippen LogP contribution >= 0.6 is 22.6 Å². The van der Waals surface area contributed by atoms with Crippen LogP contribution in [-0.4, -0.2) is 47.3 Å². The van der Waals surface area contributed by atoms with Gasteiger partial charge < -0.3 is 14.6 Å². The molecule has 6 nitrogen and oxygen atoms in total. The lowest BCUT2D eigenvalue weighted by Crippen LogP contribution is -2.46. The van der Waals surface area contributed by atoms with Gasteiger partial charge in [0.15, 0.2) is 17.5 Å². The molecule has 0 saturated carbocycles. The van der Waals surface area contributed by atoms with E-state index in [0.29, 0.717) is 12.1 Å². The number of carbonyl (C=O) groups is 1. The van der Waals surface area contributed by atoms with E-state index in [-0.39, 0.29) is 31.0 Å². The minimum atomic E-state index is -4.67. The third-order valence-electron chi connectivity index (χ3n) is 4.41. The van der Waals surface area contributed by atoms with Crippen molar-refractivity contribution in [2.75, 3.05) is 6.54 Å². The highest BCUT2D eigenvalue weighted by Gasteiger charge is 2.40. The molecule has 0 radical (unpaired) electrons. The Balaban J connectivity index is 1.69. The fourth-order valence-electron chi connectivity index (χ4n) is 2.94. The third-order valence-corrected chi connectivity index (χ3v) is 5.77. The smallest absolute Gasteiger partial charge is 0.391 e. The van der Waals surface area contributed by atoms with Crippen molar-refractivity contribution >= 4 is 28.5 Å². The summed E-state index contributed by atoms with van der Waals surface area (Å²) in [6.45, 7) is -0.493. The second-order valence-electron chi connectivity index (χ2n) is 6.38. The molecule has 0 aliphatic carbocycles. The number of aliphatic hydroxyl groups excluding tert-OH is 1. The molecule has 2 aromatic rings. The SMILES string of the molecule is O=C(C(I)C(O)Cc1cc(F)c(F)cc1F)N1CCn2c(nnc2C(F)(F)F)C1. The van der Waals surface area contributed by atoms with Gasteiger partial charge in [-0.3, -0.25) is 4.79 Å². The van der Waals surface area contributed by atoms with Crippen molar-refractivity contribution in [3.8, 4) is 0 Å². The number of aromatic nitrogens is 3. The molecule has 0 fully saturated rings. The number of amides is 1. The van der Waals surface area contributed by atoms with Gasteiger partial charge in [-0.15, -0.1) is 10.2 Å². The van der Waals surface area contributed by atoms with Crippen molar-refractivity contribution in [1.29, 1.82) is 0 Å². The summed E-state index contributed by atoms with van der Waals surface area (Å²) in [7, 11) is 0. The van der Waals surface area contributed by atoms with Crippen molar-refractivity contribution in [3.05, 3.63) is 46.8 Å². The monoisotopic (exact) mass is 534 g/mol. The van der Waals surface area contributed by atoms with Crippen LogP contribution in [0.15, 0.2) is 12.1 Å². The van der Waals surface area contributed by atoms with Gasteiger partial charge in [0, 0.05) is 25.6 Å². The standard InChI is InChI=1S/C16H13F6IN4O2/c17-8-5-10(19)9(18)3-7(8)4-11(28)13(23)14(29)26-1-2-27-12(6-26)24-25-15(27)16(20,21)22/h3,5,11,13,28H,1-2,4,6H2. The first kappa shape index (κ1) is 21.8. The number of hydrogen-bond acceptors (Lipinski definition) is 4. The van der Waals surface area contributed by atoms with E-state index < -0.39 is 51.8 Å². The number of carbonyl (C=O) groups excluding carboxylic acids is 1. The highest BCUT2D eigenvalue weighted by molar-refractivity contribution is 14.1. The maximum Gasteiger partial charge on any atom is 0.451 e. The molecule has 2 heterocycles. The number of rotatable bonds is 4. The van der Waals surface area contributed by atoms with E-state index in [9.17, 15) is 36.2 Å². The van der Waals surface area contributed by atoms with E-state index in [1.165, 1.54) is 4.90 Å². The Bertz CT molecular complexity index is 935. The summed E-state index contributed by atoms with van der Waals surface area (Å²) in [4.78, 5) is 13.8. The molecule has 0 bridgehead atoms. The van der Waals surface area contributed by atoms with E-state index in [1.54, 1.807) is 22.6 Å². The highest BCUT2D eigenvalue weighted by Crippen LogP contribution is 2.30. The van der Waals surface area contributed by atoms with Crippen LogP contribution in [0, 0.1) is 17.5 Å². The largest absolute Gasteiger partial charge is 0.451 e. The minimum absolute atomic E-state index is 0.0540. The Kier molecular flexibility index (Phi) is 6.08. The van der Waals surface area contributed by atoms with Crippen LogP contribution in [0.1, 0.15) is 17.2 Å². The molecule has 1 aliphatic rings. The highest BCUT2D eigenvalue weighted by atomic mass is 127. The van der Waals surface area contributed by atoms with Crippen LogP contribution < -0.4 is 0 Å². The van der Waals surface area contributed by atoms with Gasteiger partial charge in [0.1, 0.15) is 9.74 Å². The molecular weight excluding hydrogens is 521 g/mol. The van der Waals surface area contributed by atoms with Gasteiger partial charge in [0.05, 0.1) is 12.6 Å². The second-order valence-corrected chi connectivity index (χ2v) is 7.72. The van der Waals surface area contributed by atoms with Crippen molar-refractivity contribution in [3.63, 3.8) is 0 Å². The molecule has 0 saturated heterocycles. The first-order valence-electron chi connectivity index (χ1n) is 8.22. The fourth-order valence-corrected chi connectivity index (χ4v) is 3.59. The summed E-state index contributed by atoms with van der Waals surface area (Å²) in [6.07, 6.45) is -6.56. The molecule has 158 valence electrons. The van der Waals surface area contributed by atoms with Crippen molar-refractivity contribution in [2.45, 2.75) is 35.7 Å². The predicted molar refractivity (Wildman–Crippen MR) is 94.3 cm³/mol. The third kappa shape index (κ3) is 4.49. The van der Waals surface area contributed by atoms with E-state index in [1.807, 2.05) is 0 Å². The lowest BCUT2D eigenvalue weighted by atomic mass is 10.0. The molecule has 1 aliphatic heterocycles. The van der Waals surface area contributed by atoms with Crippen molar-refractivity contribution in [1.82, 2.24) is 19.7 Å². The number of fused-ring (bicyclic) bond motifs is 1. The molecule has 3 rings (SSSR count). The fraction of sp³-hybridized carbons (Fsp3) is 0.438. The van der Waals surface area contributed by atoms with Crippen LogP contribution in [-0.2, 0) is 30.5 Å². The number of hydrogen-bond donors (Lipinski definition) is 1. The number of halogens is 7. The molecule has 2 atom stereocenters. The Morgan fingerprint density at radius 2 is 1.79 bits per heavy atom. The van der Waals surface area contributed by atoms with Gasteiger partial charge in [-0.25, -0.2) is 13.2 Å². The molecule has 1 aromatic heterocycles. The average molecular weight is 534 g/mol. The predicted octanol–water partition coefficient (Wildman–Crippen LogP) is 2.46. The Morgan fingerprint density at radius 1 is 1.14 bits per heavy atom. The van der Waals surface area contributed by atoms with Gasteiger partial charge in [0.2, 0.25) is 11.7 Å². The summed E-state index contributed by atoms with van der Waals surface area (Å²) in [5.41, 5.74) is -0.306. The van der Waals surface area contributed by atoms with Gasteiger partial charge in [-0.1, -0.05) is 22.6 Å². The average Bonchev–Trinajstić information content (AvgIpc) is 3.08. The lowest BCUT2D eigenvalue weighted by molar-refractivity contribution is -0.148. The number of nitrogens with zero attached hydrogens (tertiary/aromatic N) is 4. The van der Waals surface area contributed by atoms with E-state index in [2.05, 4.69) is 10.2 Å². The van der Waals surface area contributed by atoms with Crippen LogP contribution in [0.3, 0.4) is 0 Å². The second kappa shape index (κ2) is 8.08. The molecule has 1 amide bonds. The maximum absolute atomic E-state index is 13.7. The zero-order chi connectivity index (χ0) is 21.5. The van der Waals surface area contributed by atoms with Crippen LogP contribution in [0.4, 0.5) is 26.3 Å². The summed E-state index contributed by atoms with van der Waals surface area (Å²) in [6, 6.07) is 0.945. The van der Waals surface area contributed by atoms with E-state index in [4.69, 9.17) is 0 Å². The molecule has 13 heteroatoms. The molecule has 0 spiro atoms. The minimum Gasteiger partial charge on any atom is -0.391 e. The summed E-state index contributed by atoms with van der Waals surface area (Å²) in [5, 5.41) is 16.8. The number of benzene rings is 1. The normalized spacial score (nSPS) is 16.5. The quantitative estimate of drug-likeness (QED) is 0.284. The van der Waals surface area contributed by atoms with Gasteiger partial charge in [-0.2, -0.15) is 13.2 Å². The molecular formula is C16H13F6IN4O2. The molecule has 29 heavy (non-hydrogen) atoms. The van der Waals surface area contributed by atoms with Crippen molar-refractivity contribution < 1.29 is 36.2 Å².